The summed E-state index contributed by atoms with van der Waals surface area (Å²) < 4.78 is 0. The van der Waals surface area contributed by atoms with Gasteiger partial charge >= 0.3 is 5.97 Å². The van der Waals surface area contributed by atoms with Crippen molar-refractivity contribution < 1.29 is 33.9 Å². The van der Waals surface area contributed by atoms with E-state index in [0.717, 1.165) is 0 Å². The third-order valence-electron chi connectivity index (χ3n) is 5.14. The van der Waals surface area contributed by atoms with E-state index in [4.69, 9.17) is 17.2 Å². The minimum Gasteiger partial charge on any atom is -0.480 e. The molecule has 0 aliphatic heterocycles. The Kier molecular flexibility index (Phi) is 14.5. The van der Waals surface area contributed by atoms with E-state index in [0.29, 0.717) is 12.2 Å². The molecule has 0 aliphatic rings. The van der Waals surface area contributed by atoms with Gasteiger partial charge in [-0.15, -0.1) is 0 Å². The molecular formula is C20H36N6O7S. The predicted molar refractivity (Wildman–Crippen MR) is 126 cm³/mol. The summed E-state index contributed by atoms with van der Waals surface area (Å²) in [5, 5.41) is 16.4. The average Bonchev–Trinajstić information content (AvgIpc) is 2.76. The number of primary amides is 2. The van der Waals surface area contributed by atoms with Crippen LogP contribution in [0.1, 0.15) is 46.0 Å². The van der Waals surface area contributed by atoms with Gasteiger partial charge in [0.2, 0.25) is 29.5 Å². The molecule has 0 fully saturated rings. The summed E-state index contributed by atoms with van der Waals surface area (Å²) in [5.74, 6) is -5.03. The van der Waals surface area contributed by atoms with Crippen molar-refractivity contribution in [3.63, 3.8) is 0 Å². The van der Waals surface area contributed by atoms with E-state index in [1.807, 2.05) is 6.92 Å². The predicted octanol–water partition coefficient (Wildman–Crippen LogP) is -2.21. The molecule has 0 aliphatic carbocycles. The quantitative estimate of drug-likeness (QED) is 0.113. The summed E-state index contributed by atoms with van der Waals surface area (Å²) in [6.45, 7) is 3.60. The summed E-state index contributed by atoms with van der Waals surface area (Å²) >= 11 is 1.38. The molecule has 5 unspecified atom stereocenters. The Morgan fingerprint density at radius 3 is 1.85 bits per heavy atom. The molecule has 5 atom stereocenters. The monoisotopic (exact) mass is 504 g/mol. The van der Waals surface area contributed by atoms with Crippen LogP contribution in [0.2, 0.25) is 0 Å². The third kappa shape index (κ3) is 11.8. The van der Waals surface area contributed by atoms with Crippen molar-refractivity contribution in [3.05, 3.63) is 0 Å². The molecule has 0 radical (unpaired) electrons. The van der Waals surface area contributed by atoms with Gasteiger partial charge in [-0.3, -0.25) is 24.0 Å². The molecular weight excluding hydrogens is 468 g/mol. The largest absolute Gasteiger partial charge is 0.480 e. The minimum atomic E-state index is -1.40. The van der Waals surface area contributed by atoms with Crippen molar-refractivity contribution >= 4 is 47.3 Å². The van der Waals surface area contributed by atoms with E-state index in [2.05, 4.69) is 16.0 Å². The first-order chi connectivity index (χ1) is 15.8. The van der Waals surface area contributed by atoms with Crippen LogP contribution >= 0.6 is 11.8 Å². The number of carbonyl (C=O) groups is 6. The van der Waals surface area contributed by atoms with Crippen molar-refractivity contribution in [1.82, 2.24) is 16.0 Å². The van der Waals surface area contributed by atoms with Gasteiger partial charge in [0.25, 0.3) is 0 Å². The number of carboxylic acids is 1. The van der Waals surface area contributed by atoms with Crippen molar-refractivity contribution in [2.45, 2.75) is 70.1 Å². The lowest BCUT2D eigenvalue weighted by atomic mass is 9.99. The third-order valence-corrected chi connectivity index (χ3v) is 5.78. The molecule has 0 saturated heterocycles. The highest BCUT2D eigenvalue weighted by atomic mass is 32.2. The number of carbonyl (C=O) groups excluding carboxylic acids is 5. The number of carboxylic acid groups (broad SMARTS) is 1. The van der Waals surface area contributed by atoms with Gasteiger partial charge in [0, 0.05) is 6.42 Å². The van der Waals surface area contributed by atoms with Gasteiger partial charge in [0.15, 0.2) is 0 Å². The first-order valence-corrected chi connectivity index (χ1v) is 12.2. The SMILES string of the molecule is CCC(C)C(N)C(=O)NC(CC(N)=O)C(=O)NC(CCSC)C(=O)NC(CCC(N)=O)C(=O)O. The second kappa shape index (κ2) is 15.9. The zero-order chi connectivity index (χ0) is 26.4. The number of hydrogen-bond donors (Lipinski definition) is 7. The molecule has 34 heavy (non-hydrogen) atoms. The van der Waals surface area contributed by atoms with Gasteiger partial charge in [0.1, 0.15) is 18.1 Å². The molecule has 0 spiro atoms. The highest BCUT2D eigenvalue weighted by molar-refractivity contribution is 7.98. The summed E-state index contributed by atoms with van der Waals surface area (Å²) in [7, 11) is 0. The van der Waals surface area contributed by atoms with E-state index in [1.54, 1.807) is 13.2 Å². The lowest BCUT2D eigenvalue weighted by Crippen LogP contribution is -2.58. The number of nitrogens with one attached hydrogen (secondary N) is 3. The molecule has 0 bridgehead atoms. The summed E-state index contributed by atoms with van der Waals surface area (Å²) in [6.07, 6.45) is 1.49. The molecule has 0 heterocycles. The Bertz CT molecular complexity index is 751. The topological polar surface area (TPSA) is 237 Å². The fraction of sp³-hybridized carbons (Fsp3) is 0.700. The van der Waals surface area contributed by atoms with Crippen LogP contribution in [0.3, 0.4) is 0 Å². The number of nitrogens with two attached hydrogens (primary N) is 3. The lowest BCUT2D eigenvalue weighted by molar-refractivity contribution is -0.142. The van der Waals surface area contributed by atoms with Crippen molar-refractivity contribution in [2.75, 3.05) is 12.0 Å². The van der Waals surface area contributed by atoms with Gasteiger partial charge in [-0.05, 0) is 30.8 Å². The van der Waals surface area contributed by atoms with E-state index in [9.17, 15) is 33.9 Å². The van der Waals surface area contributed by atoms with E-state index in [-0.39, 0.29) is 25.2 Å². The normalized spacial score (nSPS) is 15.2. The number of amides is 5. The van der Waals surface area contributed by atoms with Crippen LogP contribution in [0.25, 0.3) is 0 Å². The molecule has 0 aromatic rings. The fourth-order valence-corrected chi connectivity index (χ4v) is 3.26. The van der Waals surface area contributed by atoms with Crippen LogP contribution in [0.5, 0.6) is 0 Å². The van der Waals surface area contributed by atoms with E-state index >= 15 is 0 Å². The van der Waals surface area contributed by atoms with Crippen molar-refractivity contribution in [2.24, 2.45) is 23.1 Å². The number of thioether (sulfide) groups is 1. The van der Waals surface area contributed by atoms with Gasteiger partial charge in [-0.1, -0.05) is 20.3 Å². The molecule has 5 amide bonds. The highest BCUT2D eigenvalue weighted by Crippen LogP contribution is 2.08. The van der Waals surface area contributed by atoms with Crippen LogP contribution in [-0.2, 0) is 28.8 Å². The van der Waals surface area contributed by atoms with Crippen LogP contribution in [0, 0.1) is 5.92 Å². The number of rotatable bonds is 17. The molecule has 14 heteroatoms. The molecule has 0 aromatic carbocycles. The maximum absolute atomic E-state index is 12.9. The Morgan fingerprint density at radius 1 is 0.853 bits per heavy atom. The van der Waals surface area contributed by atoms with Gasteiger partial charge in [-0.25, -0.2) is 4.79 Å². The Labute approximate surface area is 202 Å². The van der Waals surface area contributed by atoms with Crippen LogP contribution in [0.4, 0.5) is 0 Å². The Balaban J connectivity index is 5.52. The van der Waals surface area contributed by atoms with Gasteiger partial charge < -0.3 is 38.3 Å². The van der Waals surface area contributed by atoms with Gasteiger partial charge in [-0.2, -0.15) is 11.8 Å². The maximum atomic E-state index is 12.9. The second-order valence-corrected chi connectivity index (χ2v) is 8.88. The highest BCUT2D eigenvalue weighted by Gasteiger charge is 2.31. The van der Waals surface area contributed by atoms with Crippen molar-refractivity contribution in [3.8, 4) is 0 Å². The zero-order valence-electron chi connectivity index (χ0n) is 19.7. The summed E-state index contributed by atoms with van der Waals surface area (Å²) in [6, 6.07) is -4.88. The standard InChI is InChI=1S/C20H36N6O7S/c1-4-10(2)16(23)19(31)26-13(9-15(22)28)18(30)24-11(7-8-34-3)17(29)25-12(20(32)33)5-6-14(21)27/h10-13,16H,4-9,23H2,1-3H3,(H2,21,27)(H2,22,28)(H,24,30)(H,25,29)(H,26,31)(H,32,33). The molecule has 0 aromatic heterocycles. The second-order valence-electron chi connectivity index (χ2n) is 7.89. The van der Waals surface area contributed by atoms with Gasteiger partial charge in [0.05, 0.1) is 12.5 Å². The first kappa shape index (κ1) is 31.1. The molecule has 0 saturated carbocycles. The van der Waals surface area contributed by atoms with E-state index < -0.39 is 66.1 Å². The maximum Gasteiger partial charge on any atom is 0.326 e. The number of aliphatic carboxylic acids is 1. The van der Waals surface area contributed by atoms with Crippen molar-refractivity contribution in [1.29, 1.82) is 0 Å². The van der Waals surface area contributed by atoms with Crippen LogP contribution in [-0.4, -0.2) is 76.8 Å². The molecule has 0 rings (SSSR count). The van der Waals surface area contributed by atoms with Crippen LogP contribution in [0.15, 0.2) is 0 Å². The Hall–Kier alpha value is -2.87. The lowest BCUT2D eigenvalue weighted by Gasteiger charge is -2.25. The minimum absolute atomic E-state index is 0.129. The van der Waals surface area contributed by atoms with E-state index in [1.165, 1.54) is 11.8 Å². The first-order valence-electron chi connectivity index (χ1n) is 10.8. The van der Waals surface area contributed by atoms with Crippen LogP contribution < -0.4 is 33.2 Å². The fourth-order valence-electron chi connectivity index (χ4n) is 2.78. The summed E-state index contributed by atoms with van der Waals surface area (Å²) in [4.78, 5) is 71.9. The zero-order valence-corrected chi connectivity index (χ0v) is 20.5. The smallest absolute Gasteiger partial charge is 0.326 e. The average molecular weight is 505 g/mol. The summed E-state index contributed by atoms with van der Waals surface area (Å²) in [5.41, 5.74) is 16.1. The molecule has 10 N–H and O–H groups in total. The Morgan fingerprint density at radius 2 is 1.38 bits per heavy atom. The number of hydrogen-bond acceptors (Lipinski definition) is 8. The molecule has 13 nitrogen and oxygen atoms in total. The molecule has 194 valence electrons.